The summed E-state index contributed by atoms with van der Waals surface area (Å²) >= 11 is 0. The largest absolute Gasteiger partial charge is 0.370 e. The number of fused-ring (bicyclic) bond motifs is 1. The van der Waals surface area contributed by atoms with E-state index in [4.69, 9.17) is 5.73 Å². The number of aliphatic imine (C=N–C) groups is 1. The van der Waals surface area contributed by atoms with E-state index >= 15 is 0 Å². The predicted octanol–water partition coefficient (Wildman–Crippen LogP) is 3.55. The van der Waals surface area contributed by atoms with Gasteiger partial charge in [-0.1, -0.05) is 30.3 Å². The first-order chi connectivity index (χ1) is 13.3. The number of nitrogens with one attached hydrogen (secondary N) is 2. The van der Waals surface area contributed by atoms with Crippen LogP contribution in [0.2, 0.25) is 0 Å². The van der Waals surface area contributed by atoms with Crippen molar-refractivity contribution in [1.82, 2.24) is 4.72 Å². The lowest BCUT2D eigenvalue weighted by atomic mass is 10.1. The van der Waals surface area contributed by atoms with Crippen molar-refractivity contribution in [2.45, 2.75) is 51.4 Å². The number of hydrogen-bond acceptors (Lipinski definition) is 3. The van der Waals surface area contributed by atoms with Crippen LogP contribution in [0, 0.1) is 0 Å². The molecule has 0 aliphatic heterocycles. The normalized spacial score (nSPS) is 13.8. The standard InChI is InChI=1S/C21H28N4O2S.HI/c1-15(2)25-28(26,27)14-19-7-4-3-6-18(19)13-23-21(22)24-20-11-10-16-8-5-9-17(16)12-20;/h3-4,6-7,10-12,15,25H,5,8-9,13-14H2,1-2H3,(H3,22,23,24);1H. The van der Waals surface area contributed by atoms with Crippen molar-refractivity contribution in [3.8, 4) is 0 Å². The zero-order valence-electron chi connectivity index (χ0n) is 16.8. The fraction of sp³-hybridized carbons (Fsp3) is 0.381. The number of anilines is 1. The van der Waals surface area contributed by atoms with Gasteiger partial charge in [-0.15, -0.1) is 24.0 Å². The molecule has 0 spiro atoms. The van der Waals surface area contributed by atoms with E-state index in [1.54, 1.807) is 13.8 Å². The zero-order chi connectivity index (χ0) is 20.1. The second kappa shape index (κ2) is 10.4. The summed E-state index contributed by atoms with van der Waals surface area (Å²) in [5.74, 6) is 0.241. The van der Waals surface area contributed by atoms with Crippen LogP contribution < -0.4 is 15.8 Å². The predicted molar refractivity (Wildman–Crippen MR) is 130 cm³/mol. The fourth-order valence-corrected chi connectivity index (χ4v) is 4.96. The lowest BCUT2D eigenvalue weighted by Gasteiger charge is -2.12. The van der Waals surface area contributed by atoms with Crippen molar-refractivity contribution in [2.24, 2.45) is 10.7 Å². The van der Waals surface area contributed by atoms with Gasteiger partial charge in [0, 0.05) is 11.7 Å². The number of sulfonamides is 1. The molecule has 0 saturated carbocycles. The topological polar surface area (TPSA) is 96.6 Å². The Morgan fingerprint density at radius 2 is 1.79 bits per heavy atom. The van der Waals surface area contributed by atoms with Gasteiger partial charge in [-0.05, 0) is 67.5 Å². The molecule has 0 atom stereocenters. The SMILES string of the molecule is CC(C)NS(=O)(=O)Cc1ccccc1CN=C(N)Nc1ccc2c(c1)CCC2.I. The molecule has 1 aliphatic carbocycles. The van der Waals surface area contributed by atoms with Gasteiger partial charge in [0.05, 0.1) is 12.3 Å². The summed E-state index contributed by atoms with van der Waals surface area (Å²) < 4.78 is 27.1. The maximum atomic E-state index is 12.3. The Morgan fingerprint density at radius 1 is 1.10 bits per heavy atom. The fourth-order valence-electron chi connectivity index (χ4n) is 3.47. The summed E-state index contributed by atoms with van der Waals surface area (Å²) in [6.45, 7) is 3.93. The molecular weight excluding hydrogens is 499 g/mol. The van der Waals surface area contributed by atoms with Crippen molar-refractivity contribution < 1.29 is 8.42 Å². The summed E-state index contributed by atoms with van der Waals surface area (Å²) in [5.41, 5.74) is 11.3. The Labute approximate surface area is 190 Å². The lowest BCUT2D eigenvalue weighted by Crippen LogP contribution is -2.31. The number of hydrogen-bond donors (Lipinski definition) is 3. The van der Waals surface area contributed by atoms with E-state index in [0.717, 1.165) is 29.7 Å². The lowest BCUT2D eigenvalue weighted by molar-refractivity contribution is 0.569. The molecule has 4 N–H and O–H groups in total. The summed E-state index contributed by atoms with van der Waals surface area (Å²) in [4.78, 5) is 4.40. The minimum absolute atomic E-state index is 0. The first-order valence-corrected chi connectivity index (χ1v) is 11.2. The quantitative estimate of drug-likeness (QED) is 0.291. The highest BCUT2D eigenvalue weighted by Crippen LogP contribution is 2.24. The van der Waals surface area contributed by atoms with Crippen LogP contribution >= 0.6 is 24.0 Å². The molecule has 3 rings (SSSR count). The van der Waals surface area contributed by atoms with E-state index in [0.29, 0.717) is 12.5 Å². The minimum atomic E-state index is -3.39. The minimum Gasteiger partial charge on any atom is -0.370 e. The molecule has 0 saturated heterocycles. The Balaban J connectivity index is 0.00000300. The maximum Gasteiger partial charge on any atom is 0.216 e. The van der Waals surface area contributed by atoms with E-state index in [1.807, 2.05) is 30.3 Å². The third kappa shape index (κ3) is 6.97. The Kier molecular flexibility index (Phi) is 8.47. The Morgan fingerprint density at radius 3 is 2.52 bits per heavy atom. The van der Waals surface area contributed by atoms with Crippen LogP contribution in [0.4, 0.5) is 5.69 Å². The van der Waals surface area contributed by atoms with Gasteiger partial charge in [-0.3, -0.25) is 0 Å². The van der Waals surface area contributed by atoms with Crippen LogP contribution in [-0.4, -0.2) is 20.4 Å². The molecular formula is C21H29IN4O2S. The number of guanidine groups is 1. The molecule has 0 fully saturated rings. The number of halogens is 1. The number of nitrogens with zero attached hydrogens (tertiary/aromatic N) is 1. The Bertz CT molecular complexity index is 974. The van der Waals surface area contributed by atoms with Crippen LogP contribution in [-0.2, 0) is 35.2 Å². The summed E-state index contributed by atoms with van der Waals surface area (Å²) in [6, 6.07) is 13.6. The van der Waals surface area contributed by atoms with Crippen LogP contribution in [0.5, 0.6) is 0 Å². The molecule has 6 nitrogen and oxygen atoms in total. The highest BCUT2D eigenvalue weighted by Gasteiger charge is 2.15. The average molecular weight is 528 g/mol. The smallest absolute Gasteiger partial charge is 0.216 e. The molecule has 2 aromatic carbocycles. The summed E-state index contributed by atoms with van der Waals surface area (Å²) in [7, 11) is -3.39. The van der Waals surface area contributed by atoms with Gasteiger partial charge in [0.2, 0.25) is 10.0 Å². The molecule has 0 amide bonds. The monoisotopic (exact) mass is 528 g/mol. The molecule has 0 bridgehead atoms. The summed E-state index contributed by atoms with van der Waals surface area (Å²) in [5, 5.41) is 3.13. The van der Waals surface area contributed by atoms with Crippen LogP contribution in [0.25, 0.3) is 0 Å². The molecule has 29 heavy (non-hydrogen) atoms. The Hall–Kier alpha value is -1.65. The van der Waals surface area contributed by atoms with Gasteiger partial charge in [0.1, 0.15) is 0 Å². The van der Waals surface area contributed by atoms with Gasteiger partial charge in [-0.2, -0.15) is 0 Å². The van der Waals surface area contributed by atoms with Gasteiger partial charge in [0.25, 0.3) is 0 Å². The number of rotatable bonds is 7. The van der Waals surface area contributed by atoms with Crippen molar-refractivity contribution in [2.75, 3.05) is 5.32 Å². The second-order valence-corrected chi connectivity index (χ2v) is 9.22. The number of nitrogens with two attached hydrogens (primary N) is 1. The van der Waals surface area contributed by atoms with Crippen molar-refractivity contribution in [3.63, 3.8) is 0 Å². The molecule has 0 radical (unpaired) electrons. The van der Waals surface area contributed by atoms with E-state index in [-0.39, 0.29) is 35.8 Å². The zero-order valence-corrected chi connectivity index (χ0v) is 20.0. The maximum absolute atomic E-state index is 12.3. The van der Waals surface area contributed by atoms with Crippen molar-refractivity contribution in [3.05, 3.63) is 64.7 Å². The van der Waals surface area contributed by atoms with E-state index in [9.17, 15) is 8.42 Å². The molecule has 0 heterocycles. The highest BCUT2D eigenvalue weighted by atomic mass is 127. The van der Waals surface area contributed by atoms with Gasteiger partial charge < -0.3 is 11.1 Å². The number of benzene rings is 2. The third-order valence-corrected chi connectivity index (χ3v) is 6.19. The molecule has 0 unspecified atom stereocenters. The number of aryl methyl sites for hydroxylation is 2. The van der Waals surface area contributed by atoms with E-state index < -0.39 is 10.0 Å². The second-order valence-electron chi connectivity index (χ2n) is 7.46. The average Bonchev–Trinajstić information content (AvgIpc) is 3.07. The van der Waals surface area contributed by atoms with Crippen LogP contribution in [0.3, 0.4) is 0 Å². The van der Waals surface area contributed by atoms with E-state index in [1.165, 1.54) is 17.5 Å². The van der Waals surface area contributed by atoms with Crippen LogP contribution in [0.1, 0.15) is 42.5 Å². The molecule has 2 aromatic rings. The molecule has 8 heteroatoms. The van der Waals surface area contributed by atoms with Crippen LogP contribution in [0.15, 0.2) is 47.5 Å². The van der Waals surface area contributed by atoms with Gasteiger partial charge >= 0.3 is 0 Å². The van der Waals surface area contributed by atoms with Gasteiger partial charge in [0.15, 0.2) is 5.96 Å². The van der Waals surface area contributed by atoms with Crippen molar-refractivity contribution >= 4 is 45.6 Å². The van der Waals surface area contributed by atoms with E-state index in [2.05, 4.69) is 27.2 Å². The first-order valence-electron chi connectivity index (χ1n) is 9.58. The van der Waals surface area contributed by atoms with Gasteiger partial charge in [-0.25, -0.2) is 18.1 Å². The summed E-state index contributed by atoms with van der Waals surface area (Å²) in [6.07, 6.45) is 3.45. The third-order valence-electron chi connectivity index (χ3n) is 4.67. The van der Waals surface area contributed by atoms with Crippen molar-refractivity contribution in [1.29, 1.82) is 0 Å². The molecule has 0 aromatic heterocycles. The highest BCUT2D eigenvalue weighted by molar-refractivity contribution is 14.0. The first kappa shape index (κ1) is 23.6. The molecule has 1 aliphatic rings. The molecule has 158 valence electrons.